The van der Waals surface area contributed by atoms with E-state index in [9.17, 15) is 4.79 Å². The molecule has 0 bridgehead atoms. The summed E-state index contributed by atoms with van der Waals surface area (Å²) in [6, 6.07) is 2.08. The summed E-state index contributed by atoms with van der Waals surface area (Å²) in [5, 5.41) is 0. The molecule has 16 heavy (non-hydrogen) atoms. The zero-order valence-electron chi connectivity index (χ0n) is 10.7. The summed E-state index contributed by atoms with van der Waals surface area (Å²) in [6.45, 7) is 8.81. The molecule has 1 aliphatic rings. The normalized spacial score (nSPS) is 20.6. The molecule has 0 amide bonds. The quantitative estimate of drug-likeness (QED) is 0.715. The highest BCUT2D eigenvalue weighted by molar-refractivity contribution is 5.27. The summed E-state index contributed by atoms with van der Waals surface area (Å²) in [7, 11) is 0. The predicted molar refractivity (Wildman–Crippen MR) is 66.8 cm³/mol. The van der Waals surface area contributed by atoms with Crippen molar-refractivity contribution in [1.29, 1.82) is 0 Å². The maximum atomic E-state index is 11.5. The van der Waals surface area contributed by atoms with Crippen molar-refractivity contribution in [1.82, 2.24) is 4.98 Å². The number of pyridine rings is 1. The van der Waals surface area contributed by atoms with Crippen LogP contribution in [-0.4, -0.2) is 4.98 Å². The first-order chi connectivity index (χ1) is 7.38. The van der Waals surface area contributed by atoms with Crippen molar-refractivity contribution < 1.29 is 0 Å². The summed E-state index contributed by atoms with van der Waals surface area (Å²) in [5.41, 5.74) is 3.79. The minimum atomic E-state index is 0.0768. The predicted octanol–water partition coefficient (Wildman–Crippen LogP) is 2.83. The molecule has 0 aromatic carbocycles. The number of aryl methyl sites for hydroxylation is 2. The van der Waals surface area contributed by atoms with Crippen molar-refractivity contribution in [3.63, 3.8) is 0 Å². The van der Waals surface area contributed by atoms with E-state index < -0.39 is 0 Å². The van der Waals surface area contributed by atoms with Gasteiger partial charge in [-0.3, -0.25) is 4.79 Å². The number of aromatic amines is 1. The van der Waals surface area contributed by atoms with Crippen molar-refractivity contribution in [2.45, 2.75) is 47.0 Å². The van der Waals surface area contributed by atoms with Crippen LogP contribution in [0, 0.1) is 18.3 Å². The van der Waals surface area contributed by atoms with Crippen LogP contribution < -0.4 is 5.56 Å². The molecule has 1 N–H and O–H groups in total. The zero-order chi connectivity index (χ0) is 11.9. The molecule has 0 aliphatic heterocycles. The summed E-state index contributed by atoms with van der Waals surface area (Å²) in [4.78, 5) is 14.5. The first kappa shape index (κ1) is 11.4. The van der Waals surface area contributed by atoms with E-state index >= 15 is 0 Å². The Morgan fingerprint density at radius 1 is 1.38 bits per heavy atom. The SMILES string of the molecule is Cc1cc2c([nH]c1=O)CCC(C(C)(C)C)C2. The second-order valence-corrected chi connectivity index (χ2v) is 6.09. The van der Waals surface area contributed by atoms with Crippen LogP contribution in [0.4, 0.5) is 0 Å². The van der Waals surface area contributed by atoms with Gasteiger partial charge in [-0.25, -0.2) is 0 Å². The van der Waals surface area contributed by atoms with Crippen LogP contribution in [0.1, 0.15) is 44.0 Å². The maximum absolute atomic E-state index is 11.5. The number of hydrogen-bond donors (Lipinski definition) is 1. The number of H-pyrrole nitrogens is 1. The Bertz CT molecular complexity index is 451. The van der Waals surface area contributed by atoms with Gasteiger partial charge in [0.05, 0.1) is 0 Å². The highest BCUT2D eigenvalue weighted by atomic mass is 16.1. The highest BCUT2D eigenvalue weighted by Gasteiger charge is 2.29. The third kappa shape index (κ3) is 2.06. The Labute approximate surface area is 97.1 Å². The largest absolute Gasteiger partial charge is 0.326 e. The molecule has 1 aromatic heterocycles. The molecule has 0 fully saturated rings. The van der Waals surface area contributed by atoms with Crippen LogP contribution in [-0.2, 0) is 12.8 Å². The lowest BCUT2D eigenvalue weighted by Crippen LogP contribution is -2.29. The topological polar surface area (TPSA) is 32.9 Å². The third-order valence-corrected chi connectivity index (χ3v) is 3.83. The van der Waals surface area contributed by atoms with E-state index in [2.05, 4.69) is 31.8 Å². The van der Waals surface area contributed by atoms with Gasteiger partial charge < -0.3 is 4.98 Å². The highest BCUT2D eigenvalue weighted by Crippen LogP contribution is 2.36. The summed E-state index contributed by atoms with van der Waals surface area (Å²) in [5.74, 6) is 0.727. The molecular formula is C14H21NO. The van der Waals surface area contributed by atoms with Crippen LogP contribution in [0.15, 0.2) is 10.9 Å². The van der Waals surface area contributed by atoms with Crippen molar-refractivity contribution in [3.05, 3.63) is 33.2 Å². The smallest absolute Gasteiger partial charge is 0.251 e. The standard InChI is InChI=1S/C14H21NO/c1-9-7-10-8-11(14(2,3)4)5-6-12(10)15-13(9)16/h7,11H,5-6,8H2,1-4H3,(H,15,16). The van der Waals surface area contributed by atoms with Crippen LogP contribution in [0.25, 0.3) is 0 Å². The Balaban J connectivity index is 2.34. The molecular weight excluding hydrogens is 198 g/mol. The van der Waals surface area contributed by atoms with Gasteiger partial charge in [0.25, 0.3) is 5.56 Å². The number of fused-ring (bicyclic) bond motifs is 1. The van der Waals surface area contributed by atoms with Gasteiger partial charge in [0.1, 0.15) is 0 Å². The van der Waals surface area contributed by atoms with E-state index in [4.69, 9.17) is 0 Å². The Morgan fingerprint density at radius 3 is 2.69 bits per heavy atom. The Morgan fingerprint density at radius 2 is 2.06 bits per heavy atom. The molecule has 1 heterocycles. The van der Waals surface area contributed by atoms with Gasteiger partial charge in [0.2, 0.25) is 0 Å². The molecule has 2 heteroatoms. The van der Waals surface area contributed by atoms with E-state index in [1.54, 1.807) is 0 Å². The van der Waals surface area contributed by atoms with E-state index in [1.807, 2.05) is 6.92 Å². The second kappa shape index (κ2) is 3.76. The van der Waals surface area contributed by atoms with Crippen molar-refractivity contribution in [2.24, 2.45) is 11.3 Å². The second-order valence-electron chi connectivity index (χ2n) is 6.09. The molecule has 1 unspecified atom stereocenters. The number of nitrogens with one attached hydrogen (secondary N) is 1. The molecule has 1 atom stereocenters. The number of hydrogen-bond acceptors (Lipinski definition) is 1. The molecule has 0 saturated heterocycles. The minimum Gasteiger partial charge on any atom is -0.326 e. The van der Waals surface area contributed by atoms with E-state index in [0.717, 1.165) is 30.0 Å². The van der Waals surface area contributed by atoms with E-state index in [0.29, 0.717) is 5.41 Å². The molecule has 0 radical (unpaired) electrons. The Hall–Kier alpha value is -1.05. The number of rotatable bonds is 0. The molecule has 2 nitrogen and oxygen atoms in total. The van der Waals surface area contributed by atoms with Gasteiger partial charge in [0, 0.05) is 11.3 Å². The average molecular weight is 219 g/mol. The van der Waals surface area contributed by atoms with Gasteiger partial charge >= 0.3 is 0 Å². The monoisotopic (exact) mass is 219 g/mol. The lowest BCUT2D eigenvalue weighted by atomic mass is 9.71. The van der Waals surface area contributed by atoms with Gasteiger partial charge in [-0.2, -0.15) is 0 Å². The van der Waals surface area contributed by atoms with E-state index in [-0.39, 0.29) is 5.56 Å². The fraction of sp³-hybridized carbons (Fsp3) is 0.643. The van der Waals surface area contributed by atoms with Crippen molar-refractivity contribution in [3.8, 4) is 0 Å². The fourth-order valence-corrected chi connectivity index (χ4v) is 2.56. The van der Waals surface area contributed by atoms with Crippen LogP contribution in [0.5, 0.6) is 0 Å². The lowest BCUT2D eigenvalue weighted by molar-refractivity contribution is 0.214. The van der Waals surface area contributed by atoms with Crippen LogP contribution in [0.2, 0.25) is 0 Å². The van der Waals surface area contributed by atoms with Crippen molar-refractivity contribution >= 4 is 0 Å². The fourth-order valence-electron chi connectivity index (χ4n) is 2.56. The molecule has 2 rings (SSSR count). The zero-order valence-corrected chi connectivity index (χ0v) is 10.7. The molecule has 88 valence electrons. The molecule has 1 aliphatic carbocycles. The summed E-state index contributed by atoms with van der Waals surface area (Å²) < 4.78 is 0. The molecule has 0 spiro atoms. The van der Waals surface area contributed by atoms with Gasteiger partial charge in [-0.1, -0.05) is 20.8 Å². The van der Waals surface area contributed by atoms with E-state index in [1.165, 1.54) is 12.0 Å². The first-order valence-corrected chi connectivity index (χ1v) is 6.09. The summed E-state index contributed by atoms with van der Waals surface area (Å²) in [6.07, 6.45) is 3.32. The Kier molecular flexibility index (Phi) is 2.69. The van der Waals surface area contributed by atoms with Gasteiger partial charge in [-0.05, 0) is 49.1 Å². The first-order valence-electron chi connectivity index (χ1n) is 6.09. The third-order valence-electron chi connectivity index (χ3n) is 3.83. The summed E-state index contributed by atoms with van der Waals surface area (Å²) >= 11 is 0. The van der Waals surface area contributed by atoms with Crippen LogP contribution in [0.3, 0.4) is 0 Å². The van der Waals surface area contributed by atoms with Crippen LogP contribution >= 0.6 is 0 Å². The lowest BCUT2D eigenvalue weighted by Gasteiger charge is -2.34. The minimum absolute atomic E-state index is 0.0768. The van der Waals surface area contributed by atoms with Crippen molar-refractivity contribution in [2.75, 3.05) is 0 Å². The number of aromatic nitrogens is 1. The average Bonchev–Trinajstić information content (AvgIpc) is 2.17. The molecule has 1 aromatic rings. The van der Waals surface area contributed by atoms with Gasteiger partial charge in [-0.15, -0.1) is 0 Å². The van der Waals surface area contributed by atoms with Gasteiger partial charge in [0.15, 0.2) is 0 Å². The molecule has 0 saturated carbocycles. The maximum Gasteiger partial charge on any atom is 0.251 e.